The summed E-state index contributed by atoms with van der Waals surface area (Å²) in [6, 6.07) is 6.01. The molecule has 0 saturated heterocycles. The van der Waals surface area contributed by atoms with Gasteiger partial charge in [0.15, 0.2) is 0 Å². The summed E-state index contributed by atoms with van der Waals surface area (Å²) in [7, 11) is 0. The summed E-state index contributed by atoms with van der Waals surface area (Å²) in [5.74, 6) is 0.158. The molecule has 0 radical (unpaired) electrons. The Balaban J connectivity index is 1.87. The molecule has 4 nitrogen and oxygen atoms in total. The van der Waals surface area contributed by atoms with Gasteiger partial charge in [-0.1, -0.05) is 6.08 Å². The zero-order valence-electron chi connectivity index (χ0n) is 13.7. The van der Waals surface area contributed by atoms with Crippen LogP contribution in [0.4, 0.5) is 16.0 Å². The molecule has 0 bridgehead atoms. The molecule has 0 aliphatic heterocycles. The standard InChI is InChI=1S/C19H18FN3OS/c1-2-11-23-18(24)16-14-5-3-4-6-15(14)25-17(16)22-19(23)21-13-9-7-12(20)8-10-13/h2,7-10H,1,3-6,11H2,(H,21,22). The Morgan fingerprint density at radius 1 is 1.28 bits per heavy atom. The lowest BCUT2D eigenvalue weighted by atomic mass is 9.97. The van der Waals surface area contributed by atoms with E-state index in [2.05, 4.69) is 11.9 Å². The van der Waals surface area contributed by atoms with Gasteiger partial charge in [-0.2, -0.15) is 0 Å². The molecule has 0 unspecified atom stereocenters. The Bertz CT molecular complexity index is 1000. The van der Waals surface area contributed by atoms with Crippen molar-refractivity contribution >= 4 is 33.2 Å². The van der Waals surface area contributed by atoms with Crippen molar-refractivity contribution in [3.05, 3.63) is 63.5 Å². The molecule has 0 fully saturated rings. The molecule has 3 aromatic rings. The summed E-state index contributed by atoms with van der Waals surface area (Å²) < 4.78 is 14.7. The third-order valence-corrected chi connectivity index (χ3v) is 5.67. The van der Waals surface area contributed by atoms with Crippen LogP contribution in [0.5, 0.6) is 0 Å². The number of aromatic nitrogens is 2. The van der Waals surface area contributed by atoms with E-state index in [0.717, 1.165) is 29.5 Å². The molecule has 2 heterocycles. The SMILES string of the molecule is C=CCn1c(Nc2ccc(F)cc2)nc2sc3c(c2c1=O)CCCC3. The Hall–Kier alpha value is -2.47. The van der Waals surface area contributed by atoms with E-state index in [4.69, 9.17) is 4.98 Å². The van der Waals surface area contributed by atoms with Crippen molar-refractivity contribution in [3.63, 3.8) is 0 Å². The van der Waals surface area contributed by atoms with Crippen molar-refractivity contribution in [1.82, 2.24) is 9.55 Å². The normalized spacial score (nSPS) is 13.6. The van der Waals surface area contributed by atoms with Gasteiger partial charge in [0.2, 0.25) is 5.95 Å². The van der Waals surface area contributed by atoms with Gasteiger partial charge in [-0.3, -0.25) is 9.36 Å². The number of anilines is 2. The van der Waals surface area contributed by atoms with Gasteiger partial charge in [0.25, 0.3) is 5.56 Å². The lowest BCUT2D eigenvalue weighted by Gasteiger charge is -2.13. The van der Waals surface area contributed by atoms with Crippen molar-refractivity contribution in [2.45, 2.75) is 32.2 Å². The zero-order valence-corrected chi connectivity index (χ0v) is 14.5. The number of aryl methyl sites for hydroxylation is 2. The first-order valence-corrected chi connectivity index (χ1v) is 9.17. The molecule has 1 N–H and O–H groups in total. The van der Waals surface area contributed by atoms with Crippen LogP contribution < -0.4 is 10.9 Å². The van der Waals surface area contributed by atoms with E-state index in [0.29, 0.717) is 18.2 Å². The monoisotopic (exact) mass is 355 g/mol. The number of allylic oxidation sites excluding steroid dienone is 1. The molecular weight excluding hydrogens is 337 g/mol. The average Bonchev–Trinajstić information content (AvgIpc) is 2.98. The molecular formula is C19H18FN3OS. The van der Waals surface area contributed by atoms with Crippen LogP contribution in [-0.4, -0.2) is 9.55 Å². The second kappa shape index (κ2) is 6.44. The molecule has 0 amide bonds. The maximum absolute atomic E-state index is 13.1. The molecule has 0 spiro atoms. The third-order valence-electron chi connectivity index (χ3n) is 4.49. The number of halogens is 1. The second-order valence-electron chi connectivity index (χ2n) is 6.16. The molecule has 0 saturated carbocycles. The third kappa shape index (κ3) is 2.87. The summed E-state index contributed by atoms with van der Waals surface area (Å²) in [4.78, 5) is 19.9. The maximum atomic E-state index is 13.1. The largest absolute Gasteiger partial charge is 0.325 e. The molecule has 128 valence electrons. The molecule has 1 aliphatic carbocycles. The van der Waals surface area contributed by atoms with E-state index in [1.165, 1.54) is 29.0 Å². The maximum Gasteiger partial charge on any atom is 0.264 e. The zero-order chi connectivity index (χ0) is 17.4. The molecule has 6 heteroatoms. The number of nitrogens with one attached hydrogen (secondary N) is 1. The minimum absolute atomic E-state index is 0.0334. The smallest absolute Gasteiger partial charge is 0.264 e. The summed E-state index contributed by atoms with van der Waals surface area (Å²) >= 11 is 1.62. The summed E-state index contributed by atoms with van der Waals surface area (Å²) in [5.41, 5.74) is 1.83. The van der Waals surface area contributed by atoms with Crippen LogP contribution in [0.25, 0.3) is 10.2 Å². The molecule has 1 aliphatic rings. The van der Waals surface area contributed by atoms with Gasteiger partial charge in [-0.15, -0.1) is 17.9 Å². The fourth-order valence-electron chi connectivity index (χ4n) is 3.29. The van der Waals surface area contributed by atoms with Crippen LogP contribution in [0.2, 0.25) is 0 Å². The second-order valence-corrected chi connectivity index (χ2v) is 7.25. The van der Waals surface area contributed by atoms with E-state index in [1.807, 2.05) is 0 Å². The number of hydrogen-bond acceptors (Lipinski definition) is 4. The van der Waals surface area contributed by atoms with Crippen LogP contribution in [-0.2, 0) is 19.4 Å². The van der Waals surface area contributed by atoms with Gasteiger partial charge < -0.3 is 5.32 Å². The van der Waals surface area contributed by atoms with E-state index >= 15 is 0 Å². The molecule has 25 heavy (non-hydrogen) atoms. The topological polar surface area (TPSA) is 46.9 Å². The number of benzene rings is 1. The first kappa shape index (κ1) is 16.0. The minimum atomic E-state index is -0.302. The number of hydrogen-bond donors (Lipinski definition) is 1. The minimum Gasteiger partial charge on any atom is -0.325 e. The number of thiophene rings is 1. The predicted octanol–water partition coefficient (Wildman–Crippen LogP) is 4.41. The Labute approximate surface area is 148 Å². The van der Waals surface area contributed by atoms with Crippen LogP contribution in [0.1, 0.15) is 23.3 Å². The quantitative estimate of drug-likeness (QED) is 0.706. The summed E-state index contributed by atoms with van der Waals surface area (Å²) in [6.07, 6.45) is 5.95. The van der Waals surface area contributed by atoms with E-state index in [9.17, 15) is 9.18 Å². The highest BCUT2D eigenvalue weighted by Crippen LogP contribution is 2.34. The Kier molecular flexibility index (Phi) is 4.13. The fourth-order valence-corrected chi connectivity index (χ4v) is 4.55. The van der Waals surface area contributed by atoms with Crippen molar-refractivity contribution < 1.29 is 4.39 Å². The molecule has 2 aromatic heterocycles. The first-order valence-electron chi connectivity index (χ1n) is 8.36. The number of fused-ring (bicyclic) bond motifs is 3. The van der Waals surface area contributed by atoms with Crippen molar-refractivity contribution in [2.75, 3.05) is 5.32 Å². The van der Waals surface area contributed by atoms with Crippen molar-refractivity contribution in [2.24, 2.45) is 0 Å². The van der Waals surface area contributed by atoms with Gasteiger partial charge in [0.1, 0.15) is 10.6 Å². The highest BCUT2D eigenvalue weighted by Gasteiger charge is 2.21. The molecule has 1 aromatic carbocycles. The van der Waals surface area contributed by atoms with Crippen LogP contribution in [0.15, 0.2) is 41.7 Å². The van der Waals surface area contributed by atoms with Gasteiger partial charge in [0, 0.05) is 17.1 Å². The van der Waals surface area contributed by atoms with E-state index < -0.39 is 0 Å². The Morgan fingerprint density at radius 2 is 2.04 bits per heavy atom. The number of nitrogens with zero attached hydrogens (tertiary/aromatic N) is 2. The van der Waals surface area contributed by atoms with Crippen LogP contribution in [0.3, 0.4) is 0 Å². The highest BCUT2D eigenvalue weighted by molar-refractivity contribution is 7.18. The van der Waals surface area contributed by atoms with Crippen molar-refractivity contribution in [3.8, 4) is 0 Å². The van der Waals surface area contributed by atoms with Crippen molar-refractivity contribution in [1.29, 1.82) is 0 Å². The average molecular weight is 355 g/mol. The lowest BCUT2D eigenvalue weighted by molar-refractivity contribution is 0.628. The van der Waals surface area contributed by atoms with E-state index in [1.54, 1.807) is 34.1 Å². The first-order chi connectivity index (χ1) is 12.2. The number of rotatable bonds is 4. The van der Waals surface area contributed by atoms with E-state index in [-0.39, 0.29) is 11.4 Å². The van der Waals surface area contributed by atoms with Gasteiger partial charge in [-0.05, 0) is 55.5 Å². The molecule has 4 rings (SSSR count). The summed E-state index contributed by atoms with van der Waals surface area (Å²) in [5, 5.41) is 3.90. The lowest BCUT2D eigenvalue weighted by Crippen LogP contribution is -2.24. The predicted molar refractivity (Wildman–Crippen MR) is 100 cm³/mol. The fraction of sp³-hybridized carbons (Fsp3) is 0.263. The van der Waals surface area contributed by atoms with Crippen LogP contribution >= 0.6 is 11.3 Å². The van der Waals surface area contributed by atoms with Gasteiger partial charge >= 0.3 is 0 Å². The van der Waals surface area contributed by atoms with Gasteiger partial charge in [0.05, 0.1) is 5.39 Å². The van der Waals surface area contributed by atoms with Crippen LogP contribution in [0, 0.1) is 5.82 Å². The van der Waals surface area contributed by atoms with Gasteiger partial charge in [-0.25, -0.2) is 9.37 Å². The molecule has 0 atom stereocenters. The Morgan fingerprint density at radius 3 is 2.80 bits per heavy atom. The highest BCUT2D eigenvalue weighted by atomic mass is 32.1. The summed E-state index contributed by atoms with van der Waals surface area (Å²) in [6.45, 7) is 4.12.